The number of amides is 1. The molecular weight excluding hydrogens is 372 g/mol. The first-order valence-corrected chi connectivity index (χ1v) is 9.00. The number of methoxy groups -OCH3 is 1. The van der Waals surface area contributed by atoms with Crippen LogP contribution < -0.4 is 5.32 Å². The first kappa shape index (κ1) is 18.1. The van der Waals surface area contributed by atoms with Gasteiger partial charge >= 0.3 is 5.97 Å². The number of nitrogens with one attached hydrogen (secondary N) is 1. The minimum Gasteiger partial charge on any atom is -0.465 e. The van der Waals surface area contributed by atoms with Crippen molar-refractivity contribution >= 4 is 39.9 Å². The molecule has 132 valence electrons. The predicted octanol–water partition coefficient (Wildman–Crippen LogP) is 4.43. The largest absolute Gasteiger partial charge is 0.465 e. The monoisotopic (exact) mass is 386 g/mol. The van der Waals surface area contributed by atoms with E-state index in [1.54, 1.807) is 30.3 Å². The lowest BCUT2D eigenvalue weighted by Crippen LogP contribution is -2.14. The van der Waals surface area contributed by atoms with E-state index in [2.05, 4.69) is 15.0 Å². The second-order valence-corrected chi connectivity index (χ2v) is 6.69. The van der Waals surface area contributed by atoms with Gasteiger partial charge in [0.15, 0.2) is 5.13 Å². The molecule has 0 aliphatic rings. The molecule has 1 N–H and O–H groups in total. The highest BCUT2D eigenvalue weighted by Crippen LogP contribution is 2.25. The first-order chi connectivity index (χ1) is 12.6. The van der Waals surface area contributed by atoms with Crippen LogP contribution >= 0.6 is 22.9 Å². The number of carbonyl (C=O) groups excluding carboxylic acids is 2. The fraction of sp³-hybridized carbons (Fsp3) is 0.105. The molecule has 1 amide bonds. The smallest absolute Gasteiger partial charge is 0.337 e. The molecule has 0 unspecified atom stereocenters. The molecule has 0 saturated carbocycles. The second kappa shape index (κ2) is 8.12. The summed E-state index contributed by atoms with van der Waals surface area (Å²) in [5.41, 5.74) is 2.81. The molecule has 0 saturated heterocycles. The summed E-state index contributed by atoms with van der Waals surface area (Å²) in [6, 6.07) is 14.2. The SMILES string of the molecule is COC(=O)c1ccc(-c2csc(NC(=O)Cc3ccccc3Cl)n2)cc1. The van der Waals surface area contributed by atoms with Crippen molar-refractivity contribution in [2.45, 2.75) is 6.42 Å². The minimum absolute atomic E-state index is 0.181. The number of anilines is 1. The third kappa shape index (κ3) is 4.28. The van der Waals surface area contributed by atoms with E-state index in [1.165, 1.54) is 18.4 Å². The van der Waals surface area contributed by atoms with Gasteiger partial charge in [-0.1, -0.05) is 41.9 Å². The molecule has 3 aromatic rings. The Hall–Kier alpha value is -2.70. The number of benzene rings is 2. The summed E-state index contributed by atoms with van der Waals surface area (Å²) >= 11 is 7.41. The van der Waals surface area contributed by atoms with Crippen molar-refractivity contribution in [1.29, 1.82) is 0 Å². The van der Waals surface area contributed by atoms with Gasteiger partial charge in [-0.05, 0) is 23.8 Å². The second-order valence-electron chi connectivity index (χ2n) is 5.42. The fourth-order valence-corrected chi connectivity index (χ4v) is 3.28. The number of rotatable bonds is 5. The van der Waals surface area contributed by atoms with Gasteiger partial charge in [0.25, 0.3) is 0 Å². The number of thiazole rings is 1. The average molecular weight is 387 g/mol. The Balaban J connectivity index is 1.67. The number of nitrogens with zero attached hydrogens (tertiary/aromatic N) is 1. The van der Waals surface area contributed by atoms with Crippen LogP contribution in [-0.2, 0) is 16.0 Å². The summed E-state index contributed by atoms with van der Waals surface area (Å²) in [6.45, 7) is 0. The average Bonchev–Trinajstić information content (AvgIpc) is 3.11. The zero-order chi connectivity index (χ0) is 18.5. The van der Waals surface area contributed by atoms with Crippen LogP contribution in [0, 0.1) is 0 Å². The van der Waals surface area contributed by atoms with Crippen LogP contribution in [-0.4, -0.2) is 24.0 Å². The molecule has 0 aliphatic carbocycles. The van der Waals surface area contributed by atoms with Gasteiger partial charge in [-0.25, -0.2) is 9.78 Å². The van der Waals surface area contributed by atoms with Crippen LogP contribution in [0.5, 0.6) is 0 Å². The Morgan fingerprint density at radius 1 is 1.15 bits per heavy atom. The Bertz CT molecular complexity index is 938. The maximum Gasteiger partial charge on any atom is 0.337 e. The van der Waals surface area contributed by atoms with Crippen LogP contribution in [0.25, 0.3) is 11.3 Å². The Morgan fingerprint density at radius 2 is 1.88 bits per heavy atom. The lowest BCUT2D eigenvalue weighted by atomic mass is 10.1. The molecule has 2 aromatic carbocycles. The molecule has 3 rings (SSSR count). The molecule has 0 aliphatic heterocycles. The number of halogens is 1. The zero-order valence-corrected chi connectivity index (χ0v) is 15.4. The van der Waals surface area contributed by atoms with E-state index in [9.17, 15) is 9.59 Å². The summed E-state index contributed by atoms with van der Waals surface area (Å²) in [6.07, 6.45) is 0.183. The standard InChI is InChI=1S/C19H15ClN2O3S/c1-25-18(24)13-8-6-12(7-9-13)16-11-26-19(21-16)22-17(23)10-14-4-2-3-5-15(14)20/h2-9,11H,10H2,1H3,(H,21,22,23). The number of esters is 1. The lowest BCUT2D eigenvalue weighted by molar-refractivity contribution is -0.115. The minimum atomic E-state index is -0.387. The predicted molar refractivity (Wildman–Crippen MR) is 103 cm³/mol. The molecular formula is C19H15ClN2O3S. The fourth-order valence-electron chi connectivity index (χ4n) is 2.34. The Morgan fingerprint density at radius 3 is 2.58 bits per heavy atom. The highest BCUT2D eigenvalue weighted by atomic mass is 35.5. The lowest BCUT2D eigenvalue weighted by Gasteiger charge is -2.04. The molecule has 0 spiro atoms. The number of aromatic nitrogens is 1. The van der Waals surface area contributed by atoms with E-state index in [4.69, 9.17) is 11.6 Å². The highest BCUT2D eigenvalue weighted by Gasteiger charge is 2.11. The van der Waals surface area contributed by atoms with E-state index >= 15 is 0 Å². The number of ether oxygens (including phenoxy) is 1. The first-order valence-electron chi connectivity index (χ1n) is 7.74. The number of hydrogen-bond donors (Lipinski definition) is 1. The van der Waals surface area contributed by atoms with Gasteiger partial charge in [0, 0.05) is 16.0 Å². The van der Waals surface area contributed by atoms with Crippen LogP contribution in [0.4, 0.5) is 5.13 Å². The normalized spacial score (nSPS) is 10.4. The summed E-state index contributed by atoms with van der Waals surface area (Å²) in [5, 5.41) is 5.70. The number of carbonyl (C=O) groups is 2. The third-order valence-corrected chi connectivity index (χ3v) is 4.79. The molecule has 26 heavy (non-hydrogen) atoms. The van der Waals surface area contributed by atoms with Gasteiger partial charge < -0.3 is 10.1 Å². The van der Waals surface area contributed by atoms with Crippen LogP contribution in [0.3, 0.4) is 0 Å². The molecule has 7 heteroatoms. The zero-order valence-electron chi connectivity index (χ0n) is 13.9. The summed E-state index contributed by atoms with van der Waals surface area (Å²) in [5.74, 6) is -0.567. The molecule has 1 aromatic heterocycles. The molecule has 0 atom stereocenters. The van der Waals surface area contributed by atoms with Gasteiger partial charge in [-0.2, -0.15) is 0 Å². The van der Waals surface area contributed by atoms with E-state index in [-0.39, 0.29) is 18.3 Å². The quantitative estimate of drug-likeness (QED) is 0.658. The van der Waals surface area contributed by atoms with Gasteiger partial charge in [0.1, 0.15) is 0 Å². The van der Waals surface area contributed by atoms with E-state index in [0.29, 0.717) is 15.7 Å². The molecule has 0 fully saturated rings. The van der Waals surface area contributed by atoms with Crippen LogP contribution in [0.1, 0.15) is 15.9 Å². The molecule has 1 heterocycles. The molecule has 5 nitrogen and oxygen atoms in total. The van der Waals surface area contributed by atoms with E-state index in [0.717, 1.165) is 16.8 Å². The molecule has 0 radical (unpaired) electrons. The van der Waals surface area contributed by atoms with Crippen molar-refractivity contribution in [3.05, 3.63) is 70.1 Å². The van der Waals surface area contributed by atoms with Crippen molar-refractivity contribution < 1.29 is 14.3 Å². The summed E-state index contributed by atoms with van der Waals surface area (Å²) in [4.78, 5) is 28.1. The van der Waals surface area contributed by atoms with E-state index < -0.39 is 0 Å². The Kier molecular flexibility index (Phi) is 5.65. The van der Waals surface area contributed by atoms with Crippen molar-refractivity contribution in [3.8, 4) is 11.3 Å². The Labute approximate surface area is 159 Å². The van der Waals surface area contributed by atoms with Gasteiger partial charge in [-0.15, -0.1) is 11.3 Å². The summed E-state index contributed by atoms with van der Waals surface area (Å²) < 4.78 is 4.68. The van der Waals surface area contributed by atoms with Crippen LogP contribution in [0.15, 0.2) is 53.9 Å². The van der Waals surface area contributed by atoms with Crippen LogP contribution in [0.2, 0.25) is 5.02 Å². The van der Waals surface area contributed by atoms with Crippen molar-refractivity contribution in [1.82, 2.24) is 4.98 Å². The van der Waals surface area contributed by atoms with E-state index in [1.807, 2.05) is 23.6 Å². The summed E-state index contributed by atoms with van der Waals surface area (Å²) in [7, 11) is 1.34. The third-order valence-electron chi connectivity index (χ3n) is 3.66. The maximum absolute atomic E-state index is 12.2. The number of hydrogen-bond acceptors (Lipinski definition) is 5. The van der Waals surface area contributed by atoms with Crippen molar-refractivity contribution in [3.63, 3.8) is 0 Å². The van der Waals surface area contributed by atoms with Crippen molar-refractivity contribution in [2.24, 2.45) is 0 Å². The van der Waals surface area contributed by atoms with Crippen molar-refractivity contribution in [2.75, 3.05) is 12.4 Å². The topological polar surface area (TPSA) is 68.3 Å². The molecule has 0 bridgehead atoms. The van der Waals surface area contributed by atoms with Gasteiger partial charge in [-0.3, -0.25) is 4.79 Å². The van der Waals surface area contributed by atoms with Gasteiger partial charge in [0.05, 0.1) is 24.8 Å². The maximum atomic E-state index is 12.2. The van der Waals surface area contributed by atoms with Gasteiger partial charge in [0.2, 0.25) is 5.91 Å². The highest BCUT2D eigenvalue weighted by molar-refractivity contribution is 7.14.